The van der Waals surface area contributed by atoms with Crippen LogP contribution < -0.4 is 14.4 Å². The number of aromatic nitrogens is 2. The molecule has 8 nitrogen and oxygen atoms in total. The second-order valence-electron chi connectivity index (χ2n) is 9.22. The first-order chi connectivity index (χ1) is 14.3. The summed E-state index contributed by atoms with van der Waals surface area (Å²) in [5.41, 5.74) is 1.25. The molecule has 170 valence electrons. The fourth-order valence-corrected chi connectivity index (χ4v) is 5.16. The van der Waals surface area contributed by atoms with Crippen molar-refractivity contribution in [3.63, 3.8) is 0 Å². The lowest BCUT2D eigenvalue weighted by Crippen LogP contribution is -2.42. The number of amides is 1. The molecule has 0 saturated heterocycles. The first kappa shape index (κ1) is 23.1. The van der Waals surface area contributed by atoms with Gasteiger partial charge in [-0.2, -0.15) is 5.10 Å². The highest BCUT2D eigenvalue weighted by molar-refractivity contribution is 7.92. The highest BCUT2D eigenvalue weighted by Gasteiger charge is 2.38. The number of nitrogens with zero attached hydrogens (tertiary/aromatic N) is 3. The zero-order valence-corrected chi connectivity index (χ0v) is 20.1. The van der Waals surface area contributed by atoms with E-state index in [9.17, 15) is 13.2 Å². The van der Waals surface area contributed by atoms with Gasteiger partial charge in [0.05, 0.1) is 28.2 Å². The summed E-state index contributed by atoms with van der Waals surface area (Å²) in [7, 11) is -2.14. The van der Waals surface area contributed by atoms with Gasteiger partial charge in [0.25, 0.3) is 10.0 Å². The van der Waals surface area contributed by atoms with Crippen molar-refractivity contribution >= 4 is 27.3 Å². The summed E-state index contributed by atoms with van der Waals surface area (Å²) in [6.45, 7) is 12.1. The van der Waals surface area contributed by atoms with E-state index in [2.05, 4.69) is 23.7 Å². The van der Waals surface area contributed by atoms with Crippen LogP contribution in [-0.2, 0) is 21.9 Å². The van der Waals surface area contributed by atoms with Gasteiger partial charge in [-0.05, 0) is 58.2 Å². The van der Waals surface area contributed by atoms with Crippen LogP contribution >= 0.6 is 0 Å². The van der Waals surface area contributed by atoms with Crippen molar-refractivity contribution in [3.05, 3.63) is 29.6 Å². The molecule has 2 aromatic rings. The summed E-state index contributed by atoms with van der Waals surface area (Å²) in [6.07, 6.45) is 0.825. The molecule has 0 bridgehead atoms. The molecule has 3 rings (SSSR count). The Bertz CT molecular complexity index is 1100. The number of ether oxygens (including phenoxy) is 1. The minimum atomic E-state index is -3.85. The SMILES string of the molecule is Cc1nn(C)c(C)c1S(=O)(=O)Nc1ccc2c(c1)N(CCC(C)C)C(=O)C(C)(C)CO2. The van der Waals surface area contributed by atoms with Crippen LogP contribution in [0.5, 0.6) is 5.75 Å². The Kier molecular flexibility index (Phi) is 6.10. The summed E-state index contributed by atoms with van der Waals surface area (Å²) >= 11 is 0. The molecule has 1 aromatic carbocycles. The molecular weight excluding hydrogens is 416 g/mol. The number of rotatable bonds is 6. The standard InChI is InChI=1S/C22H32N4O4S/c1-14(2)10-11-26-18-12-17(8-9-19(18)30-13-22(5,6)21(26)27)24-31(28,29)20-15(3)23-25(7)16(20)4/h8-9,12,14,24H,10-11,13H2,1-7H3. The fourth-order valence-electron chi connectivity index (χ4n) is 3.67. The molecule has 0 unspecified atom stereocenters. The van der Waals surface area contributed by atoms with Crippen LogP contribution in [0.4, 0.5) is 11.4 Å². The number of nitrogens with one attached hydrogen (secondary N) is 1. The van der Waals surface area contributed by atoms with E-state index in [1.807, 2.05) is 13.8 Å². The van der Waals surface area contributed by atoms with Gasteiger partial charge < -0.3 is 9.64 Å². The third-order valence-corrected chi connectivity index (χ3v) is 7.19. The maximum Gasteiger partial charge on any atom is 0.265 e. The van der Waals surface area contributed by atoms with Crippen molar-refractivity contribution in [2.24, 2.45) is 18.4 Å². The minimum Gasteiger partial charge on any atom is -0.490 e. The second-order valence-corrected chi connectivity index (χ2v) is 10.8. The Balaban J connectivity index is 2.01. The Morgan fingerprint density at radius 1 is 1.26 bits per heavy atom. The highest BCUT2D eigenvalue weighted by atomic mass is 32.2. The summed E-state index contributed by atoms with van der Waals surface area (Å²) in [6, 6.07) is 5.04. The quantitative estimate of drug-likeness (QED) is 0.728. The first-order valence-electron chi connectivity index (χ1n) is 10.5. The van der Waals surface area contributed by atoms with E-state index in [1.54, 1.807) is 48.7 Å². The minimum absolute atomic E-state index is 0.0362. The van der Waals surface area contributed by atoms with Gasteiger partial charge in [-0.15, -0.1) is 0 Å². The van der Waals surface area contributed by atoms with Crippen LogP contribution in [0.3, 0.4) is 0 Å². The Labute approximate surface area is 184 Å². The molecule has 0 spiro atoms. The number of anilines is 2. The van der Waals surface area contributed by atoms with Crippen molar-refractivity contribution < 1.29 is 17.9 Å². The van der Waals surface area contributed by atoms with Crippen LogP contribution in [0.1, 0.15) is 45.5 Å². The molecule has 0 atom stereocenters. The van der Waals surface area contributed by atoms with Gasteiger partial charge in [-0.3, -0.25) is 14.2 Å². The van der Waals surface area contributed by atoms with Crippen molar-refractivity contribution in [2.45, 2.75) is 52.9 Å². The van der Waals surface area contributed by atoms with Crippen LogP contribution in [0, 0.1) is 25.2 Å². The molecule has 1 aromatic heterocycles. The second kappa shape index (κ2) is 8.18. The molecule has 31 heavy (non-hydrogen) atoms. The van der Waals surface area contributed by atoms with Crippen molar-refractivity contribution in [1.29, 1.82) is 0 Å². The summed E-state index contributed by atoms with van der Waals surface area (Å²) in [5, 5.41) is 4.20. The number of sulfonamides is 1. The van der Waals surface area contributed by atoms with Crippen LogP contribution in [0.15, 0.2) is 23.1 Å². The summed E-state index contributed by atoms with van der Waals surface area (Å²) < 4.78 is 36.3. The van der Waals surface area contributed by atoms with E-state index in [0.29, 0.717) is 41.0 Å². The maximum atomic E-state index is 13.2. The van der Waals surface area contributed by atoms with Crippen LogP contribution in [0.25, 0.3) is 0 Å². The molecule has 0 fully saturated rings. The average molecular weight is 449 g/mol. The van der Waals surface area contributed by atoms with E-state index >= 15 is 0 Å². The predicted octanol–water partition coefficient (Wildman–Crippen LogP) is 3.64. The number of hydrogen-bond acceptors (Lipinski definition) is 5. The molecule has 1 aliphatic rings. The molecule has 1 amide bonds. The number of hydrogen-bond donors (Lipinski definition) is 1. The lowest BCUT2D eigenvalue weighted by atomic mass is 9.92. The smallest absolute Gasteiger partial charge is 0.265 e. The van der Waals surface area contributed by atoms with Crippen molar-refractivity contribution in [1.82, 2.24) is 9.78 Å². The third kappa shape index (κ3) is 4.56. The molecule has 0 radical (unpaired) electrons. The normalized spacial score (nSPS) is 16.1. The van der Waals surface area contributed by atoms with Gasteiger partial charge in [-0.1, -0.05) is 13.8 Å². The number of aryl methyl sites for hydroxylation is 2. The number of carbonyl (C=O) groups excluding carboxylic acids is 1. The topological polar surface area (TPSA) is 93.5 Å². The lowest BCUT2D eigenvalue weighted by Gasteiger charge is -2.28. The number of benzene rings is 1. The molecule has 1 N–H and O–H groups in total. The number of carbonyl (C=O) groups is 1. The molecule has 1 aliphatic heterocycles. The average Bonchev–Trinajstić information content (AvgIpc) is 2.87. The molecule has 9 heteroatoms. The third-order valence-electron chi connectivity index (χ3n) is 5.56. The highest BCUT2D eigenvalue weighted by Crippen LogP contribution is 2.39. The van der Waals surface area contributed by atoms with Gasteiger partial charge in [0.15, 0.2) is 0 Å². The molecule has 2 heterocycles. The Hall–Kier alpha value is -2.55. The van der Waals surface area contributed by atoms with Crippen LogP contribution in [-0.4, -0.2) is 37.3 Å². The van der Waals surface area contributed by atoms with Crippen LogP contribution in [0.2, 0.25) is 0 Å². The van der Waals surface area contributed by atoms with E-state index in [4.69, 9.17) is 4.74 Å². The van der Waals surface area contributed by atoms with Crippen molar-refractivity contribution in [2.75, 3.05) is 22.8 Å². The van der Waals surface area contributed by atoms with E-state index in [0.717, 1.165) is 6.42 Å². The molecule has 0 saturated carbocycles. The monoisotopic (exact) mass is 448 g/mol. The van der Waals surface area contributed by atoms with E-state index in [1.165, 1.54) is 0 Å². The largest absolute Gasteiger partial charge is 0.490 e. The predicted molar refractivity (Wildman–Crippen MR) is 121 cm³/mol. The molecular formula is C22H32N4O4S. The van der Waals surface area contributed by atoms with Gasteiger partial charge in [0, 0.05) is 13.6 Å². The van der Waals surface area contributed by atoms with Gasteiger partial charge in [0.2, 0.25) is 5.91 Å². The molecule has 0 aliphatic carbocycles. The fraction of sp³-hybridized carbons (Fsp3) is 0.545. The zero-order valence-electron chi connectivity index (χ0n) is 19.3. The van der Waals surface area contributed by atoms with Crippen molar-refractivity contribution in [3.8, 4) is 5.75 Å². The van der Waals surface area contributed by atoms with E-state index in [-0.39, 0.29) is 17.4 Å². The Morgan fingerprint density at radius 3 is 2.52 bits per heavy atom. The van der Waals surface area contributed by atoms with Gasteiger partial charge >= 0.3 is 0 Å². The zero-order chi connectivity index (χ0) is 23.1. The number of fused-ring (bicyclic) bond motifs is 1. The maximum absolute atomic E-state index is 13.2. The first-order valence-corrected chi connectivity index (χ1v) is 11.9. The lowest BCUT2D eigenvalue weighted by molar-refractivity contribution is -0.127. The van der Waals surface area contributed by atoms with Gasteiger partial charge in [0.1, 0.15) is 17.3 Å². The Morgan fingerprint density at radius 2 is 1.94 bits per heavy atom. The summed E-state index contributed by atoms with van der Waals surface area (Å²) in [5.74, 6) is 0.951. The van der Waals surface area contributed by atoms with E-state index < -0.39 is 15.4 Å². The van der Waals surface area contributed by atoms with Gasteiger partial charge in [-0.25, -0.2) is 8.42 Å². The summed E-state index contributed by atoms with van der Waals surface area (Å²) in [4.78, 5) is 15.1.